The molecule has 2 aliphatic heterocycles. The molecule has 6 aliphatic rings. The highest BCUT2D eigenvalue weighted by atomic mass is 16.7. The van der Waals surface area contributed by atoms with Crippen molar-refractivity contribution >= 4 is 5.97 Å². The lowest BCUT2D eigenvalue weighted by Gasteiger charge is -2.64. The molecule has 4 aliphatic carbocycles. The fourth-order valence-electron chi connectivity index (χ4n) is 10.1. The van der Waals surface area contributed by atoms with Crippen LogP contribution in [-0.4, -0.2) is 77.4 Å². The molecule has 0 spiro atoms. The van der Waals surface area contributed by atoms with Crippen LogP contribution in [0.4, 0.5) is 0 Å². The molecule has 38 heavy (non-hydrogen) atoms. The van der Waals surface area contributed by atoms with E-state index in [1.54, 1.807) is 13.0 Å². The van der Waals surface area contributed by atoms with Gasteiger partial charge in [-0.2, -0.15) is 0 Å². The molecule has 6 rings (SSSR count). The van der Waals surface area contributed by atoms with Crippen LogP contribution in [0.3, 0.4) is 0 Å². The number of carbonyl (C=O) groups excluding carboxylic acids is 1. The number of aliphatic hydroxyl groups excluding tert-OH is 2. The summed E-state index contributed by atoms with van der Waals surface area (Å²) in [5.74, 6) is 1.22. The molecular formula is C30H46O8. The van der Waals surface area contributed by atoms with E-state index in [1.807, 2.05) is 0 Å². The van der Waals surface area contributed by atoms with Gasteiger partial charge in [0.15, 0.2) is 6.29 Å². The predicted molar refractivity (Wildman–Crippen MR) is 138 cm³/mol. The normalized spacial score (nSPS) is 54.5. The van der Waals surface area contributed by atoms with Gasteiger partial charge in [-0.15, -0.1) is 0 Å². The van der Waals surface area contributed by atoms with Gasteiger partial charge in [-0.25, -0.2) is 4.79 Å². The van der Waals surface area contributed by atoms with Crippen molar-refractivity contribution < 1.29 is 39.1 Å². The van der Waals surface area contributed by atoms with Crippen LogP contribution in [0.2, 0.25) is 0 Å². The van der Waals surface area contributed by atoms with Crippen molar-refractivity contribution in [2.24, 2.45) is 34.5 Å². The Labute approximate surface area is 226 Å². The molecule has 8 nitrogen and oxygen atoms in total. The van der Waals surface area contributed by atoms with E-state index >= 15 is 0 Å². The number of hydrogen-bond donors (Lipinski definition) is 3. The van der Waals surface area contributed by atoms with Crippen molar-refractivity contribution in [1.29, 1.82) is 0 Å². The Morgan fingerprint density at radius 2 is 1.79 bits per heavy atom. The van der Waals surface area contributed by atoms with Crippen molar-refractivity contribution in [2.75, 3.05) is 13.7 Å². The third-order valence-electron chi connectivity index (χ3n) is 12.3. The minimum absolute atomic E-state index is 0.0103. The van der Waals surface area contributed by atoms with Gasteiger partial charge in [0, 0.05) is 18.6 Å². The van der Waals surface area contributed by atoms with E-state index in [4.69, 9.17) is 18.9 Å². The van der Waals surface area contributed by atoms with Crippen molar-refractivity contribution in [3.63, 3.8) is 0 Å². The summed E-state index contributed by atoms with van der Waals surface area (Å²) in [6, 6.07) is 0. The van der Waals surface area contributed by atoms with Crippen molar-refractivity contribution in [3.05, 3.63) is 11.6 Å². The van der Waals surface area contributed by atoms with Crippen LogP contribution in [0, 0.1) is 34.5 Å². The van der Waals surface area contributed by atoms with Crippen LogP contribution < -0.4 is 0 Å². The number of aliphatic hydroxyl groups is 3. The number of fused-ring (bicyclic) bond motifs is 5. The molecule has 13 atom stereocenters. The van der Waals surface area contributed by atoms with E-state index in [1.165, 1.54) is 7.11 Å². The summed E-state index contributed by atoms with van der Waals surface area (Å²) in [4.78, 5) is 11.8. The summed E-state index contributed by atoms with van der Waals surface area (Å²) < 4.78 is 22.8. The zero-order valence-electron chi connectivity index (χ0n) is 23.3. The molecule has 0 amide bonds. The summed E-state index contributed by atoms with van der Waals surface area (Å²) in [6.45, 7) is 6.87. The maximum atomic E-state index is 12.4. The highest BCUT2D eigenvalue weighted by Gasteiger charge is 2.67. The lowest BCUT2D eigenvalue weighted by atomic mass is 9.43. The number of ether oxygens (including phenoxy) is 4. The van der Waals surface area contributed by atoms with Crippen LogP contribution in [0.1, 0.15) is 78.6 Å². The highest BCUT2D eigenvalue weighted by Crippen LogP contribution is 2.70. The Morgan fingerprint density at radius 3 is 2.50 bits per heavy atom. The summed E-state index contributed by atoms with van der Waals surface area (Å²) >= 11 is 0. The number of hydrogen-bond acceptors (Lipinski definition) is 8. The highest BCUT2D eigenvalue weighted by molar-refractivity contribution is 5.85. The van der Waals surface area contributed by atoms with Crippen LogP contribution >= 0.6 is 0 Å². The van der Waals surface area contributed by atoms with Crippen LogP contribution in [-0.2, 0) is 23.7 Å². The SMILES string of the molecule is COC1C(O)C(C)OC(OC2CC[C@@]3(C)[C@@H](CC[C@@H]4[C@@H]3CC[C@]3(C)[C@@H](C5=CC(=O)OC5)CC[C@]43O)C2)C1O. The summed E-state index contributed by atoms with van der Waals surface area (Å²) in [6.07, 6.45) is 6.45. The van der Waals surface area contributed by atoms with Gasteiger partial charge in [-0.05, 0) is 99.4 Å². The minimum atomic E-state index is -1.04. The average Bonchev–Trinajstić information content (AvgIpc) is 3.43. The van der Waals surface area contributed by atoms with Crippen molar-refractivity contribution in [3.8, 4) is 0 Å². The van der Waals surface area contributed by atoms with Gasteiger partial charge >= 0.3 is 5.97 Å². The van der Waals surface area contributed by atoms with Crippen LogP contribution in [0.25, 0.3) is 0 Å². The molecule has 5 fully saturated rings. The topological polar surface area (TPSA) is 115 Å². The van der Waals surface area contributed by atoms with E-state index in [0.717, 1.165) is 63.4 Å². The molecule has 0 aromatic rings. The third kappa shape index (κ3) is 3.88. The van der Waals surface area contributed by atoms with Gasteiger partial charge in [0.1, 0.15) is 24.9 Å². The average molecular weight is 535 g/mol. The first kappa shape index (κ1) is 27.2. The van der Waals surface area contributed by atoms with Crippen molar-refractivity contribution in [1.82, 2.24) is 0 Å². The second-order valence-electron chi connectivity index (χ2n) is 13.7. The monoisotopic (exact) mass is 534 g/mol. The van der Waals surface area contributed by atoms with Gasteiger partial charge in [-0.3, -0.25) is 0 Å². The molecule has 6 unspecified atom stereocenters. The van der Waals surface area contributed by atoms with E-state index in [9.17, 15) is 20.1 Å². The number of esters is 1. The first-order valence-electron chi connectivity index (χ1n) is 14.8. The Hall–Kier alpha value is -1.03. The van der Waals surface area contributed by atoms with E-state index in [-0.39, 0.29) is 34.7 Å². The molecule has 3 N–H and O–H groups in total. The molecule has 8 heteroatoms. The smallest absolute Gasteiger partial charge is 0.331 e. The van der Waals surface area contributed by atoms with E-state index in [2.05, 4.69) is 13.8 Å². The number of methoxy groups -OCH3 is 1. The predicted octanol–water partition coefficient (Wildman–Crippen LogP) is 3.11. The molecule has 214 valence electrons. The summed E-state index contributed by atoms with van der Waals surface area (Å²) in [5, 5.41) is 33.5. The molecule has 0 aromatic heterocycles. The van der Waals surface area contributed by atoms with Crippen molar-refractivity contribution in [2.45, 2.75) is 121 Å². The maximum Gasteiger partial charge on any atom is 0.331 e. The fraction of sp³-hybridized carbons (Fsp3) is 0.900. The Kier molecular flexibility index (Phi) is 6.80. The molecule has 0 bridgehead atoms. The Balaban J connectivity index is 1.16. The molecular weight excluding hydrogens is 488 g/mol. The fourth-order valence-corrected chi connectivity index (χ4v) is 10.1. The largest absolute Gasteiger partial charge is 0.458 e. The molecule has 2 heterocycles. The zero-order chi connectivity index (χ0) is 27.0. The van der Waals surface area contributed by atoms with Gasteiger partial charge in [0.2, 0.25) is 0 Å². The Morgan fingerprint density at radius 1 is 1.00 bits per heavy atom. The standard InChI is InChI=1S/C30H46O8/c1-16-24(32)26(35-4)25(33)27(37-16)38-19-7-10-28(2)18(14-19)5-6-22-21(28)8-11-29(3)20(9-12-30(22,29)34)17-13-23(31)36-15-17/h13,16,18-22,24-27,32-34H,5-12,14-15H2,1-4H3/t16?,18-,19?,20+,21-,22+,24?,25?,26?,27?,28-,29+,30-/m0/s1. The molecule has 1 saturated heterocycles. The zero-order valence-corrected chi connectivity index (χ0v) is 23.3. The number of carbonyl (C=O) groups is 1. The van der Waals surface area contributed by atoms with Crippen LogP contribution in [0.15, 0.2) is 11.6 Å². The second-order valence-corrected chi connectivity index (χ2v) is 13.7. The number of rotatable bonds is 4. The lowest BCUT2D eigenvalue weighted by molar-refractivity contribution is -0.313. The quantitative estimate of drug-likeness (QED) is 0.372. The lowest BCUT2D eigenvalue weighted by Crippen LogP contribution is -2.62. The number of cyclic esters (lactones) is 1. The van der Waals surface area contributed by atoms with E-state index in [0.29, 0.717) is 18.4 Å². The Bertz CT molecular complexity index is 968. The van der Waals surface area contributed by atoms with E-state index < -0.39 is 36.3 Å². The van der Waals surface area contributed by atoms with Gasteiger partial charge in [0.05, 0.1) is 17.8 Å². The third-order valence-corrected chi connectivity index (χ3v) is 12.3. The van der Waals surface area contributed by atoms with Gasteiger partial charge in [0.25, 0.3) is 0 Å². The first-order chi connectivity index (χ1) is 18.0. The summed E-state index contributed by atoms with van der Waals surface area (Å²) in [7, 11) is 1.49. The van der Waals surface area contributed by atoms with Gasteiger partial charge in [-0.1, -0.05) is 13.8 Å². The second kappa shape index (κ2) is 9.52. The maximum absolute atomic E-state index is 12.4. The summed E-state index contributed by atoms with van der Waals surface area (Å²) in [5.41, 5.74) is 0.300. The van der Waals surface area contributed by atoms with Crippen LogP contribution in [0.5, 0.6) is 0 Å². The molecule has 4 saturated carbocycles. The molecule has 0 radical (unpaired) electrons. The van der Waals surface area contributed by atoms with Gasteiger partial charge < -0.3 is 34.3 Å². The first-order valence-corrected chi connectivity index (χ1v) is 14.8. The molecule has 0 aromatic carbocycles. The minimum Gasteiger partial charge on any atom is -0.458 e.